The summed E-state index contributed by atoms with van der Waals surface area (Å²) in [6.45, 7) is 1.92. The molecule has 0 atom stereocenters. The third kappa shape index (κ3) is 6.61. The Hall–Kier alpha value is -3.78. The molecule has 0 unspecified atom stereocenters. The molecule has 0 saturated heterocycles. The van der Waals surface area contributed by atoms with Crippen LogP contribution in [0.25, 0.3) is 0 Å². The fourth-order valence-corrected chi connectivity index (χ4v) is 2.68. The zero-order valence-corrected chi connectivity index (χ0v) is 18.0. The summed E-state index contributed by atoms with van der Waals surface area (Å²) in [6.07, 6.45) is 1.37. The minimum absolute atomic E-state index is 0.367. The largest absolute Gasteiger partial charge is 0.423 e. The fourth-order valence-electron chi connectivity index (χ4n) is 2.41. The van der Waals surface area contributed by atoms with Crippen LogP contribution in [0.5, 0.6) is 5.75 Å². The van der Waals surface area contributed by atoms with Gasteiger partial charge in [0.1, 0.15) is 5.75 Å². The predicted molar refractivity (Wildman–Crippen MR) is 121 cm³/mol. The highest BCUT2D eigenvalue weighted by Crippen LogP contribution is 2.15. The molecule has 0 bridgehead atoms. The lowest BCUT2D eigenvalue weighted by Gasteiger charge is -2.05. The van der Waals surface area contributed by atoms with E-state index in [4.69, 9.17) is 4.74 Å². The molecule has 0 aliphatic heterocycles. The molecule has 8 heteroatoms. The van der Waals surface area contributed by atoms with Crippen LogP contribution in [0.3, 0.4) is 0 Å². The highest BCUT2D eigenvalue weighted by Gasteiger charge is 2.12. The Morgan fingerprint density at radius 2 is 1.52 bits per heavy atom. The van der Waals surface area contributed by atoms with Crippen LogP contribution >= 0.6 is 15.9 Å². The van der Waals surface area contributed by atoms with Crippen molar-refractivity contribution in [2.24, 2.45) is 5.10 Å². The molecule has 0 aliphatic rings. The van der Waals surface area contributed by atoms with Gasteiger partial charge in [0.05, 0.1) is 11.8 Å². The van der Waals surface area contributed by atoms with Crippen molar-refractivity contribution in [3.63, 3.8) is 0 Å². The van der Waals surface area contributed by atoms with Crippen molar-refractivity contribution >= 4 is 45.6 Å². The molecule has 0 saturated carbocycles. The van der Waals surface area contributed by atoms with E-state index < -0.39 is 17.8 Å². The number of carbonyl (C=O) groups is 3. The first-order valence-corrected chi connectivity index (χ1v) is 9.99. The SMILES string of the molecule is Cc1ccc(NC(=O)C(=O)NN=Cc2ccc(OC(=O)c3ccc(Br)cc3)cc2)cc1. The lowest BCUT2D eigenvalue weighted by atomic mass is 10.2. The highest BCUT2D eigenvalue weighted by atomic mass is 79.9. The minimum Gasteiger partial charge on any atom is -0.423 e. The first kappa shape index (κ1) is 21.9. The zero-order valence-electron chi connectivity index (χ0n) is 16.5. The molecular formula is C23H18BrN3O4. The van der Waals surface area contributed by atoms with E-state index in [-0.39, 0.29) is 0 Å². The molecule has 3 aromatic carbocycles. The molecule has 0 radical (unpaired) electrons. The topological polar surface area (TPSA) is 96.9 Å². The van der Waals surface area contributed by atoms with Crippen LogP contribution in [0.15, 0.2) is 82.4 Å². The Labute approximate surface area is 187 Å². The van der Waals surface area contributed by atoms with E-state index in [1.54, 1.807) is 60.7 Å². The first-order chi connectivity index (χ1) is 14.9. The maximum Gasteiger partial charge on any atom is 0.343 e. The third-order valence-electron chi connectivity index (χ3n) is 4.07. The summed E-state index contributed by atoms with van der Waals surface area (Å²) in [5.41, 5.74) is 4.80. The van der Waals surface area contributed by atoms with Gasteiger partial charge in [-0.1, -0.05) is 33.6 Å². The van der Waals surface area contributed by atoms with Gasteiger partial charge in [-0.3, -0.25) is 9.59 Å². The number of rotatable bonds is 5. The molecule has 0 aromatic heterocycles. The quantitative estimate of drug-likeness (QED) is 0.189. The van der Waals surface area contributed by atoms with Crippen molar-refractivity contribution in [3.05, 3.63) is 94.0 Å². The Bertz CT molecular complexity index is 1110. The number of carbonyl (C=O) groups excluding carboxylic acids is 3. The summed E-state index contributed by atoms with van der Waals surface area (Å²) in [5, 5.41) is 6.25. The number of benzene rings is 3. The molecule has 7 nitrogen and oxygen atoms in total. The van der Waals surface area contributed by atoms with Gasteiger partial charge in [-0.15, -0.1) is 0 Å². The van der Waals surface area contributed by atoms with Crippen LogP contribution in [0, 0.1) is 6.92 Å². The number of amides is 2. The molecule has 31 heavy (non-hydrogen) atoms. The average molecular weight is 480 g/mol. The molecule has 2 amide bonds. The number of anilines is 1. The van der Waals surface area contributed by atoms with Gasteiger partial charge in [0.15, 0.2) is 0 Å². The van der Waals surface area contributed by atoms with Crippen LogP contribution in [0.4, 0.5) is 5.69 Å². The molecule has 0 aliphatic carbocycles. The van der Waals surface area contributed by atoms with Gasteiger partial charge in [-0.05, 0) is 73.2 Å². The van der Waals surface area contributed by atoms with Gasteiger partial charge < -0.3 is 10.1 Å². The minimum atomic E-state index is -0.892. The summed E-state index contributed by atoms with van der Waals surface area (Å²) in [4.78, 5) is 35.8. The van der Waals surface area contributed by atoms with E-state index >= 15 is 0 Å². The maximum absolute atomic E-state index is 12.1. The van der Waals surface area contributed by atoms with Crippen LogP contribution in [-0.4, -0.2) is 24.0 Å². The molecule has 0 fully saturated rings. The summed E-state index contributed by atoms with van der Waals surface area (Å²) in [7, 11) is 0. The first-order valence-electron chi connectivity index (χ1n) is 9.19. The molecule has 0 spiro atoms. The summed E-state index contributed by atoms with van der Waals surface area (Å²) >= 11 is 3.31. The van der Waals surface area contributed by atoms with Crippen LogP contribution in [-0.2, 0) is 9.59 Å². The Morgan fingerprint density at radius 1 is 0.871 bits per heavy atom. The van der Waals surface area contributed by atoms with E-state index in [9.17, 15) is 14.4 Å². The second-order valence-electron chi connectivity index (χ2n) is 6.48. The van der Waals surface area contributed by atoms with Gasteiger partial charge in [0.2, 0.25) is 0 Å². The zero-order chi connectivity index (χ0) is 22.2. The number of hydrazone groups is 1. The normalized spacial score (nSPS) is 10.5. The monoisotopic (exact) mass is 479 g/mol. The Balaban J connectivity index is 1.50. The standard InChI is InChI=1S/C23H18BrN3O4/c1-15-2-10-19(11-3-15)26-21(28)22(29)27-25-14-16-4-12-20(13-5-16)31-23(30)17-6-8-18(24)9-7-17/h2-14H,1H3,(H,26,28)(H,27,29). The van der Waals surface area contributed by atoms with Gasteiger partial charge in [0, 0.05) is 10.2 Å². The fraction of sp³-hybridized carbons (Fsp3) is 0.0435. The number of nitrogens with one attached hydrogen (secondary N) is 2. The van der Waals surface area contributed by atoms with Crippen LogP contribution in [0.1, 0.15) is 21.5 Å². The third-order valence-corrected chi connectivity index (χ3v) is 4.59. The summed E-state index contributed by atoms with van der Waals surface area (Å²) < 4.78 is 6.18. The van der Waals surface area contributed by atoms with Gasteiger partial charge in [0.25, 0.3) is 0 Å². The highest BCUT2D eigenvalue weighted by molar-refractivity contribution is 9.10. The summed E-state index contributed by atoms with van der Waals surface area (Å²) in [6, 6.07) is 20.4. The number of hydrogen-bond acceptors (Lipinski definition) is 5. The average Bonchev–Trinajstić information content (AvgIpc) is 2.77. The number of esters is 1. The maximum atomic E-state index is 12.1. The van der Waals surface area contributed by atoms with E-state index in [1.165, 1.54) is 6.21 Å². The lowest BCUT2D eigenvalue weighted by Crippen LogP contribution is -2.32. The molecule has 2 N–H and O–H groups in total. The number of hydrogen-bond donors (Lipinski definition) is 2. The number of nitrogens with zero attached hydrogens (tertiary/aromatic N) is 1. The van der Waals surface area contributed by atoms with Gasteiger partial charge in [-0.2, -0.15) is 5.10 Å². The molecular weight excluding hydrogens is 462 g/mol. The smallest absolute Gasteiger partial charge is 0.343 e. The number of ether oxygens (including phenoxy) is 1. The molecule has 3 aromatic rings. The predicted octanol–water partition coefficient (Wildman–Crippen LogP) is 4.07. The van der Waals surface area contributed by atoms with E-state index in [2.05, 4.69) is 31.8 Å². The van der Waals surface area contributed by atoms with Crippen molar-refractivity contribution in [3.8, 4) is 5.75 Å². The lowest BCUT2D eigenvalue weighted by molar-refractivity contribution is -0.136. The van der Waals surface area contributed by atoms with Crippen LogP contribution < -0.4 is 15.5 Å². The molecule has 156 valence electrons. The summed E-state index contributed by atoms with van der Waals surface area (Å²) in [5.74, 6) is -1.82. The second-order valence-corrected chi connectivity index (χ2v) is 7.40. The van der Waals surface area contributed by atoms with Crippen molar-refractivity contribution in [1.29, 1.82) is 0 Å². The van der Waals surface area contributed by atoms with Crippen LogP contribution in [0.2, 0.25) is 0 Å². The van der Waals surface area contributed by atoms with Crippen molar-refractivity contribution in [2.45, 2.75) is 6.92 Å². The molecule has 3 rings (SSSR count). The van der Waals surface area contributed by atoms with Crippen molar-refractivity contribution in [1.82, 2.24) is 5.43 Å². The number of halogens is 1. The van der Waals surface area contributed by atoms with Crippen molar-refractivity contribution in [2.75, 3.05) is 5.32 Å². The van der Waals surface area contributed by atoms with E-state index in [1.807, 2.05) is 19.1 Å². The van der Waals surface area contributed by atoms with Gasteiger partial charge >= 0.3 is 17.8 Å². The Morgan fingerprint density at radius 3 is 2.16 bits per heavy atom. The Kier molecular flexibility index (Phi) is 7.29. The molecule has 0 heterocycles. The second kappa shape index (κ2) is 10.3. The van der Waals surface area contributed by atoms with E-state index in [0.29, 0.717) is 22.6 Å². The number of aryl methyl sites for hydroxylation is 1. The van der Waals surface area contributed by atoms with Gasteiger partial charge in [-0.25, -0.2) is 10.2 Å². The van der Waals surface area contributed by atoms with E-state index in [0.717, 1.165) is 10.0 Å². The van der Waals surface area contributed by atoms with Crippen molar-refractivity contribution < 1.29 is 19.1 Å².